The van der Waals surface area contributed by atoms with Gasteiger partial charge >= 0.3 is 0 Å². The molecule has 0 atom stereocenters. The molecule has 6 heteroatoms. The number of aromatic nitrogens is 1. The molecule has 3 aromatic rings. The summed E-state index contributed by atoms with van der Waals surface area (Å²) in [7, 11) is -3.93. The summed E-state index contributed by atoms with van der Waals surface area (Å²) in [5, 5.41) is 0. The summed E-state index contributed by atoms with van der Waals surface area (Å²) in [6.45, 7) is 0. The predicted molar refractivity (Wildman–Crippen MR) is 90.8 cm³/mol. The van der Waals surface area contributed by atoms with Gasteiger partial charge in [0.05, 0.1) is 10.5 Å². The molecular formula is C18H14N2O3S. The van der Waals surface area contributed by atoms with Gasteiger partial charge in [-0.1, -0.05) is 42.5 Å². The standard InChI is InChI=1S/C18H14N2O3S/c21-18(16-7-4-12-19-13-16)20-24(22,23)17-10-8-15(9-11-17)14-5-2-1-3-6-14/h1-13H,(H,20,21). The summed E-state index contributed by atoms with van der Waals surface area (Å²) in [5.41, 5.74) is 2.07. The highest BCUT2D eigenvalue weighted by Gasteiger charge is 2.18. The lowest BCUT2D eigenvalue weighted by Crippen LogP contribution is -2.30. The van der Waals surface area contributed by atoms with Gasteiger partial charge in [-0.25, -0.2) is 13.1 Å². The Balaban J connectivity index is 1.81. The molecule has 2 aromatic carbocycles. The molecule has 1 amide bonds. The molecule has 1 N–H and O–H groups in total. The molecule has 0 saturated heterocycles. The van der Waals surface area contributed by atoms with Crippen molar-refractivity contribution in [3.05, 3.63) is 84.7 Å². The van der Waals surface area contributed by atoms with E-state index in [9.17, 15) is 13.2 Å². The van der Waals surface area contributed by atoms with E-state index in [-0.39, 0.29) is 10.5 Å². The smallest absolute Gasteiger partial charge is 0.266 e. The van der Waals surface area contributed by atoms with Gasteiger partial charge in [-0.15, -0.1) is 0 Å². The van der Waals surface area contributed by atoms with Crippen LogP contribution in [-0.4, -0.2) is 19.3 Å². The van der Waals surface area contributed by atoms with Gasteiger partial charge in [0.1, 0.15) is 0 Å². The summed E-state index contributed by atoms with van der Waals surface area (Å²) in [5.74, 6) is -0.713. The largest absolute Gasteiger partial charge is 0.268 e. The van der Waals surface area contributed by atoms with Gasteiger partial charge in [0.25, 0.3) is 15.9 Å². The van der Waals surface area contributed by atoms with Crippen molar-refractivity contribution in [2.24, 2.45) is 0 Å². The fourth-order valence-corrected chi connectivity index (χ4v) is 3.17. The lowest BCUT2D eigenvalue weighted by Gasteiger charge is -2.08. The van der Waals surface area contributed by atoms with Crippen LogP contribution < -0.4 is 4.72 Å². The zero-order valence-electron chi connectivity index (χ0n) is 12.6. The first-order chi connectivity index (χ1) is 11.6. The van der Waals surface area contributed by atoms with E-state index in [1.165, 1.54) is 30.6 Å². The number of pyridine rings is 1. The van der Waals surface area contributed by atoms with E-state index in [4.69, 9.17) is 0 Å². The third kappa shape index (κ3) is 3.49. The van der Waals surface area contributed by atoms with E-state index in [2.05, 4.69) is 4.98 Å². The molecule has 0 aliphatic rings. The van der Waals surface area contributed by atoms with E-state index in [0.717, 1.165) is 11.1 Å². The molecule has 0 saturated carbocycles. The molecule has 0 aliphatic heterocycles. The second-order valence-electron chi connectivity index (χ2n) is 5.07. The topological polar surface area (TPSA) is 76.1 Å². The lowest BCUT2D eigenvalue weighted by molar-refractivity contribution is 0.0981. The number of nitrogens with zero attached hydrogens (tertiary/aromatic N) is 1. The molecule has 1 heterocycles. The average Bonchev–Trinajstić information content (AvgIpc) is 2.63. The highest BCUT2D eigenvalue weighted by Crippen LogP contribution is 2.21. The Morgan fingerprint density at radius 3 is 2.12 bits per heavy atom. The first-order valence-corrected chi connectivity index (χ1v) is 8.67. The van der Waals surface area contributed by atoms with Crippen LogP contribution in [0.25, 0.3) is 11.1 Å². The van der Waals surface area contributed by atoms with Crippen LogP contribution in [0.2, 0.25) is 0 Å². The van der Waals surface area contributed by atoms with Crippen molar-refractivity contribution < 1.29 is 13.2 Å². The van der Waals surface area contributed by atoms with Crippen LogP contribution in [0.5, 0.6) is 0 Å². The Hall–Kier alpha value is -2.99. The molecule has 120 valence electrons. The van der Waals surface area contributed by atoms with Crippen LogP contribution in [0.3, 0.4) is 0 Å². The van der Waals surface area contributed by atoms with E-state index in [0.29, 0.717) is 0 Å². The fourth-order valence-electron chi connectivity index (χ4n) is 2.19. The maximum absolute atomic E-state index is 12.3. The molecule has 3 rings (SSSR count). The third-order valence-electron chi connectivity index (χ3n) is 3.42. The van der Waals surface area contributed by atoms with Crippen LogP contribution in [-0.2, 0) is 10.0 Å². The Kier molecular flexibility index (Phi) is 4.39. The van der Waals surface area contributed by atoms with Crippen molar-refractivity contribution >= 4 is 15.9 Å². The van der Waals surface area contributed by atoms with Crippen molar-refractivity contribution in [2.75, 3.05) is 0 Å². The number of carbonyl (C=O) groups is 1. The minimum Gasteiger partial charge on any atom is -0.268 e. The Bertz CT molecular complexity index is 939. The second-order valence-corrected chi connectivity index (χ2v) is 6.75. The van der Waals surface area contributed by atoms with Gasteiger partial charge in [0.15, 0.2) is 0 Å². The molecule has 0 bridgehead atoms. The zero-order chi connectivity index (χ0) is 17.0. The van der Waals surface area contributed by atoms with Crippen LogP contribution in [0.15, 0.2) is 84.0 Å². The fraction of sp³-hybridized carbons (Fsp3) is 0. The average molecular weight is 338 g/mol. The summed E-state index contributed by atoms with van der Waals surface area (Å²) >= 11 is 0. The zero-order valence-corrected chi connectivity index (χ0v) is 13.4. The number of nitrogens with one attached hydrogen (secondary N) is 1. The Morgan fingerprint density at radius 1 is 0.833 bits per heavy atom. The SMILES string of the molecule is O=C(NS(=O)(=O)c1ccc(-c2ccccc2)cc1)c1cccnc1. The van der Waals surface area contributed by atoms with Crippen molar-refractivity contribution in [1.82, 2.24) is 9.71 Å². The van der Waals surface area contributed by atoms with Crippen molar-refractivity contribution in [3.8, 4) is 11.1 Å². The first-order valence-electron chi connectivity index (χ1n) is 7.19. The molecular weight excluding hydrogens is 324 g/mol. The molecule has 24 heavy (non-hydrogen) atoms. The number of amides is 1. The Labute approximate surface area is 140 Å². The predicted octanol–water partition coefficient (Wildman–Crippen LogP) is 2.87. The monoisotopic (exact) mass is 338 g/mol. The maximum Gasteiger partial charge on any atom is 0.266 e. The van der Waals surface area contributed by atoms with Gasteiger partial charge in [-0.3, -0.25) is 9.78 Å². The second kappa shape index (κ2) is 6.64. The van der Waals surface area contributed by atoms with Crippen LogP contribution in [0, 0.1) is 0 Å². The van der Waals surface area contributed by atoms with E-state index < -0.39 is 15.9 Å². The first kappa shape index (κ1) is 15.9. The summed E-state index contributed by atoms with van der Waals surface area (Å²) in [6.07, 6.45) is 2.82. The summed E-state index contributed by atoms with van der Waals surface area (Å²) in [4.78, 5) is 15.8. The van der Waals surface area contributed by atoms with Gasteiger partial charge in [0, 0.05) is 12.4 Å². The third-order valence-corrected chi connectivity index (χ3v) is 4.77. The molecule has 0 fully saturated rings. The molecule has 0 aliphatic carbocycles. The number of rotatable bonds is 4. The number of sulfonamides is 1. The molecule has 0 spiro atoms. The number of benzene rings is 2. The molecule has 0 unspecified atom stereocenters. The van der Waals surface area contributed by atoms with Crippen LogP contribution in [0.4, 0.5) is 0 Å². The van der Waals surface area contributed by atoms with E-state index >= 15 is 0 Å². The van der Waals surface area contributed by atoms with E-state index in [1.54, 1.807) is 18.2 Å². The maximum atomic E-state index is 12.3. The van der Waals surface area contributed by atoms with Crippen LogP contribution in [0.1, 0.15) is 10.4 Å². The van der Waals surface area contributed by atoms with Crippen LogP contribution >= 0.6 is 0 Å². The van der Waals surface area contributed by atoms with Gasteiger partial charge in [0.2, 0.25) is 0 Å². The highest BCUT2D eigenvalue weighted by molar-refractivity contribution is 7.90. The Morgan fingerprint density at radius 2 is 1.50 bits per heavy atom. The normalized spacial score (nSPS) is 11.0. The summed E-state index contributed by atoms with van der Waals surface area (Å²) in [6, 6.07) is 19.0. The van der Waals surface area contributed by atoms with Gasteiger partial charge < -0.3 is 0 Å². The van der Waals surface area contributed by atoms with Crippen molar-refractivity contribution in [2.45, 2.75) is 4.90 Å². The van der Waals surface area contributed by atoms with Crippen molar-refractivity contribution in [3.63, 3.8) is 0 Å². The number of hydrogen-bond donors (Lipinski definition) is 1. The lowest BCUT2D eigenvalue weighted by atomic mass is 10.1. The van der Waals surface area contributed by atoms with Gasteiger partial charge in [-0.05, 0) is 35.4 Å². The summed E-state index contributed by atoms with van der Waals surface area (Å²) < 4.78 is 26.7. The van der Waals surface area contributed by atoms with Gasteiger partial charge in [-0.2, -0.15) is 0 Å². The number of hydrogen-bond acceptors (Lipinski definition) is 4. The molecule has 5 nitrogen and oxygen atoms in total. The minimum absolute atomic E-state index is 0.0272. The highest BCUT2D eigenvalue weighted by atomic mass is 32.2. The molecule has 0 radical (unpaired) electrons. The quantitative estimate of drug-likeness (QED) is 0.793. The van der Waals surface area contributed by atoms with Crippen molar-refractivity contribution in [1.29, 1.82) is 0 Å². The molecule has 1 aromatic heterocycles. The number of carbonyl (C=O) groups excluding carboxylic acids is 1. The van der Waals surface area contributed by atoms with E-state index in [1.807, 2.05) is 35.1 Å². The minimum atomic E-state index is -3.93.